The highest BCUT2D eigenvalue weighted by Crippen LogP contribution is 2.12. The smallest absolute Gasteiger partial charge is 0.307 e. The third kappa shape index (κ3) is 2.99. The van der Waals surface area contributed by atoms with Gasteiger partial charge in [0, 0.05) is 25.5 Å². The van der Waals surface area contributed by atoms with E-state index in [2.05, 4.69) is 0 Å². The number of hydrogen-bond donors (Lipinski definition) is 2. The number of carboxylic acids is 1. The largest absolute Gasteiger partial charge is 0.481 e. The van der Waals surface area contributed by atoms with E-state index in [1.807, 2.05) is 47.3 Å². The molecule has 0 aliphatic rings. The SMILES string of the molecule is NCc1ccn(Cc2ccccc2CC(=O)O)c1. The zero-order valence-electron chi connectivity index (χ0n) is 10.0. The molecule has 0 fully saturated rings. The van der Waals surface area contributed by atoms with E-state index in [1.165, 1.54) is 0 Å². The molecule has 2 rings (SSSR count). The summed E-state index contributed by atoms with van der Waals surface area (Å²) >= 11 is 0. The molecule has 1 aromatic carbocycles. The standard InChI is InChI=1S/C14H16N2O2/c15-8-11-5-6-16(9-11)10-13-4-2-1-3-12(13)7-14(17)18/h1-6,9H,7-8,10,15H2,(H,17,18). The highest BCUT2D eigenvalue weighted by Gasteiger charge is 2.06. The molecule has 18 heavy (non-hydrogen) atoms. The van der Waals surface area contributed by atoms with Crippen LogP contribution in [0.3, 0.4) is 0 Å². The van der Waals surface area contributed by atoms with E-state index >= 15 is 0 Å². The first kappa shape index (κ1) is 12.4. The van der Waals surface area contributed by atoms with Crippen molar-refractivity contribution in [3.8, 4) is 0 Å². The molecule has 0 unspecified atom stereocenters. The third-order valence-electron chi connectivity index (χ3n) is 2.86. The van der Waals surface area contributed by atoms with Crippen LogP contribution in [-0.4, -0.2) is 15.6 Å². The predicted octanol–water partition coefficient (Wildman–Crippen LogP) is 1.62. The third-order valence-corrected chi connectivity index (χ3v) is 2.86. The quantitative estimate of drug-likeness (QED) is 0.839. The molecule has 0 aliphatic carbocycles. The Balaban J connectivity index is 2.20. The van der Waals surface area contributed by atoms with Crippen molar-refractivity contribution in [2.45, 2.75) is 19.5 Å². The number of aromatic nitrogens is 1. The molecular weight excluding hydrogens is 228 g/mol. The van der Waals surface area contributed by atoms with E-state index in [-0.39, 0.29) is 6.42 Å². The first-order chi connectivity index (χ1) is 8.69. The number of nitrogens with two attached hydrogens (primary N) is 1. The topological polar surface area (TPSA) is 68.2 Å². The number of benzene rings is 1. The van der Waals surface area contributed by atoms with Gasteiger partial charge >= 0.3 is 5.97 Å². The Bertz CT molecular complexity index is 546. The second kappa shape index (κ2) is 5.51. The van der Waals surface area contributed by atoms with Gasteiger partial charge in [-0.25, -0.2) is 0 Å². The van der Waals surface area contributed by atoms with Crippen LogP contribution in [0.15, 0.2) is 42.7 Å². The Morgan fingerprint density at radius 2 is 1.94 bits per heavy atom. The Morgan fingerprint density at radius 3 is 2.56 bits per heavy atom. The number of rotatable bonds is 5. The molecule has 0 spiro atoms. The summed E-state index contributed by atoms with van der Waals surface area (Å²) in [6.45, 7) is 1.19. The van der Waals surface area contributed by atoms with Crippen LogP contribution in [0.2, 0.25) is 0 Å². The molecule has 4 heteroatoms. The van der Waals surface area contributed by atoms with Crippen LogP contribution in [0.25, 0.3) is 0 Å². The summed E-state index contributed by atoms with van der Waals surface area (Å²) in [6.07, 6.45) is 4.00. The summed E-state index contributed by atoms with van der Waals surface area (Å²) in [7, 11) is 0. The molecular formula is C14H16N2O2. The van der Waals surface area contributed by atoms with Crippen LogP contribution in [0.5, 0.6) is 0 Å². The summed E-state index contributed by atoms with van der Waals surface area (Å²) in [4.78, 5) is 10.8. The molecule has 0 radical (unpaired) electrons. The lowest BCUT2D eigenvalue weighted by atomic mass is 10.0. The molecule has 4 nitrogen and oxygen atoms in total. The maximum atomic E-state index is 10.8. The summed E-state index contributed by atoms with van der Waals surface area (Å²) in [5.41, 5.74) is 8.52. The van der Waals surface area contributed by atoms with Crippen LogP contribution < -0.4 is 5.73 Å². The lowest BCUT2D eigenvalue weighted by Gasteiger charge is -2.08. The van der Waals surface area contributed by atoms with Gasteiger partial charge in [0.15, 0.2) is 0 Å². The van der Waals surface area contributed by atoms with E-state index in [4.69, 9.17) is 10.8 Å². The number of hydrogen-bond acceptors (Lipinski definition) is 2. The van der Waals surface area contributed by atoms with E-state index in [0.717, 1.165) is 16.7 Å². The molecule has 2 aromatic rings. The second-order valence-electron chi connectivity index (χ2n) is 4.24. The van der Waals surface area contributed by atoms with Crippen molar-refractivity contribution in [3.05, 3.63) is 59.4 Å². The summed E-state index contributed by atoms with van der Waals surface area (Å²) < 4.78 is 2.02. The first-order valence-corrected chi connectivity index (χ1v) is 5.82. The van der Waals surface area contributed by atoms with Crippen LogP contribution >= 0.6 is 0 Å². The van der Waals surface area contributed by atoms with Crippen molar-refractivity contribution < 1.29 is 9.90 Å². The highest BCUT2D eigenvalue weighted by atomic mass is 16.4. The predicted molar refractivity (Wildman–Crippen MR) is 69.2 cm³/mol. The van der Waals surface area contributed by atoms with Crippen LogP contribution in [-0.2, 0) is 24.3 Å². The van der Waals surface area contributed by atoms with E-state index in [0.29, 0.717) is 13.1 Å². The van der Waals surface area contributed by atoms with Gasteiger partial charge in [-0.1, -0.05) is 24.3 Å². The highest BCUT2D eigenvalue weighted by molar-refractivity contribution is 5.70. The van der Waals surface area contributed by atoms with Crippen molar-refractivity contribution in [1.29, 1.82) is 0 Å². The van der Waals surface area contributed by atoms with Gasteiger partial charge in [0.2, 0.25) is 0 Å². The van der Waals surface area contributed by atoms with Gasteiger partial charge in [-0.15, -0.1) is 0 Å². The molecule has 3 N–H and O–H groups in total. The van der Waals surface area contributed by atoms with Crippen molar-refractivity contribution in [1.82, 2.24) is 4.57 Å². The molecule has 0 bridgehead atoms. The minimum absolute atomic E-state index is 0.0567. The van der Waals surface area contributed by atoms with Gasteiger partial charge < -0.3 is 15.4 Å². The molecule has 94 valence electrons. The first-order valence-electron chi connectivity index (χ1n) is 5.82. The van der Waals surface area contributed by atoms with Gasteiger partial charge in [-0.2, -0.15) is 0 Å². The molecule has 0 aliphatic heterocycles. The molecule has 0 atom stereocenters. The van der Waals surface area contributed by atoms with Crippen LogP contribution in [0, 0.1) is 0 Å². The number of carboxylic acid groups (broad SMARTS) is 1. The Kier molecular flexibility index (Phi) is 3.79. The van der Waals surface area contributed by atoms with Crippen molar-refractivity contribution >= 4 is 5.97 Å². The molecule has 1 heterocycles. The van der Waals surface area contributed by atoms with Crippen molar-refractivity contribution in [3.63, 3.8) is 0 Å². The zero-order valence-corrected chi connectivity index (χ0v) is 10.0. The Labute approximate surface area is 106 Å². The van der Waals surface area contributed by atoms with Gasteiger partial charge in [-0.05, 0) is 22.8 Å². The summed E-state index contributed by atoms with van der Waals surface area (Å²) in [5.74, 6) is -0.808. The molecule has 0 amide bonds. The lowest BCUT2D eigenvalue weighted by molar-refractivity contribution is -0.136. The minimum Gasteiger partial charge on any atom is -0.481 e. The zero-order chi connectivity index (χ0) is 13.0. The number of carbonyl (C=O) groups is 1. The Morgan fingerprint density at radius 1 is 1.22 bits per heavy atom. The van der Waals surface area contributed by atoms with Gasteiger partial charge in [0.25, 0.3) is 0 Å². The average Bonchev–Trinajstić information content (AvgIpc) is 2.79. The maximum Gasteiger partial charge on any atom is 0.307 e. The van der Waals surface area contributed by atoms with Gasteiger partial charge in [0.05, 0.1) is 6.42 Å². The normalized spacial score (nSPS) is 10.5. The van der Waals surface area contributed by atoms with E-state index < -0.39 is 5.97 Å². The fourth-order valence-corrected chi connectivity index (χ4v) is 1.95. The lowest BCUT2D eigenvalue weighted by Crippen LogP contribution is -2.06. The second-order valence-corrected chi connectivity index (χ2v) is 4.24. The van der Waals surface area contributed by atoms with Crippen LogP contribution in [0.4, 0.5) is 0 Å². The van der Waals surface area contributed by atoms with Gasteiger partial charge in [0.1, 0.15) is 0 Å². The maximum absolute atomic E-state index is 10.8. The van der Waals surface area contributed by atoms with Crippen molar-refractivity contribution in [2.24, 2.45) is 5.73 Å². The van der Waals surface area contributed by atoms with Crippen molar-refractivity contribution in [2.75, 3.05) is 0 Å². The molecule has 0 saturated carbocycles. The van der Waals surface area contributed by atoms with E-state index in [9.17, 15) is 4.79 Å². The van der Waals surface area contributed by atoms with Gasteiger partial charge in [-0.3, -0.25) is 4.79 Å². The number of nitrogens with zero attached hydrogens (tertiary/aromatic N) is 1. The molecule has 1 aromatic heterocycles. The number of aliphatic carboxylic acids is 1. The van der Waals surface area contributed by atoms with Crippen LogP contribution in [0.1, 0.15) is 16.7 Å². The molecule has 0 saturated heterocycles. The average molecular weight is 244 g/mol. The Hall–Kier alpha value is -2.07. The summed E-state index contributed by atoms with van der Waals surface area (Å²) in [6, 6.07) is 9.58. The summed E-state index contributed by atoms with van der Waals surface area (Å²) in [5, 5.41) is 8.88. The minimum atomic E-state index is -0.808. The fourth-order valence-electron chi connectivity index (χ4n) is 1.95. The monoisotopic (exact) mass is 244 g/mol. The van der Waals surface area contributed by atoms with E-state index in [1.54, 1.807) is 0 Å². The fraction of sp³-hybridized carbons (Fsp3) is 0.214.